The number of benzene rings is 2. The van der Waals surface area contributed by atoms with Gasteiger partial charge in [-0.1, -0.05) is 35.9 Å². The SMILES string of the molecule is Cc1ccc(SCCC(=O)N2c3ccccc3CC2C)cc1. The first-order valence-corrected chi connectivity index (χ1v) is 8.73. The molecule has 0 aliphatic carbocycles. The van der Waals surface area contributed by atoms with Crippen molar-refractivity contribution >= 4 is 23.4 Å². The molecule has 1 atom stereocenters. The van der Waals surface area contributed by atoms with Crippen molar-refractivity contribution in [2.45, 2.75) is 37.6 Å². The Morgan fingerprint density at radius 2 is 1.91 bits per heavy atom. The van der Waals surface area contributed by atoms with Crippen molar-refractivity contribution in [2.75, 3.05) is 10.7 Å². The normalized spacial score (nSPS) is 16.6. The van der Waals surface area contributed by atoms with Gasteiger partial charge in [0.05, 0.1) is 0 Å². The summed E-state index contributed by atoms with van der Waals surface area (Å²) < 4.78 is 0. The molecule has 1 heterocycles. The van der Waals surface area contributed by atoms with E-state index >= 15 is 0 Å². The number of para-hydroxylation sites is 1. The van der Waals surface area contributed by atoms with E-state index in [1.807, 2.05) is 17.0 Å². The van der Waals surface area contributed by atoms with Crippen molar-refractivity contribution in [3.63, 3.8) is 0 Å². The van der Waals surface area contributed by atoms with E-state index in [1.165, 1.54) is 16.0 Å². The molecule has 1 unspecified atom stereocenters. The largest absolute Gasteiger partial charge is 0.309 e. The second kappa shape index (κ2) is 6.57. The Morgan fingerprint density at radius 3 is 2.68 bits per heavy atom. The van der Waals surface area contributed by atoms with Crippen LogP contribution < -0.4 is 4.90 Å². The molecule has 3 heteroatoms. The zero-order chi connectivity index (χ0) is 15.5. The van der Waals surface area contributed by atoms with Gasteiger partial charge < -0.3 is 4.90 Å². The number of rotatable bonds is 4. The molecule has 0 N–H and O–H groups in total. The van der Waals surface area contributed by atoms with Crippen molar-refractivity contribution in [3.05, 3.63) is 59.7 Å². The highest BCUT2D eigenvalue weighted by Crippen LogP contribution is 2.32. The van der Waals surface area contributed by atoms with E-state index in [1.54, 1.807) is 11.8 Å². The van der Waals surface area contributed by atoms with Gasteiger partial charge in [-0.25, -0.2) is 0 Å². The number of anilines is 1. The predicted octanol–water partition coefficient (Wildman–Crippen LogP) is 4.46. The van der Waals surface area contributed by atoms with Gasteiger partial charge >= 0.3 is 0 Å². The second-order valence-electron chi connectivity index (χ2n) is 5.86. The highest BCUT2D eigenvalue weighted by molar-refractivity contribution is 7.99. The van der Waals surface area contributed by atoms with E-state index in [2.05, 4.69) is 50.2 Å². The lowest BCUT2D eigenvalue weighted by atomic mass is 10.1. The van der Waals surface area contributed by atoms with E-state index in [9.17, 15) is 4.79 Å². The smallest absolute Gasteiger partial charge is 0.228 e. The van der Waals surface area contributed by atoms with Gasteiger partial charge in [0.2, 0.25) is 5.91 Å². The maximum Gasteiger partial charge on any atom is 0.228 e. The standard InChI is InChI=1S/C19H21NOS/c1-14-7-9-17(10-8-14)22-12-11-19(21)20-15(2)13-16-5-3-4-6-18(16)20/h3-10,15H,11-13H2,1-2H3. The molecule has 2 aromatic carbocycles. The zero-order valence-electron chi connectivity index (χ0n) is 13.1. The number of amides is 1. The molecule has 0 fully saturated rings. The van der Waals surface area contributed by atoms with Crippen LogP contribution >= 0.6 is 11.8 Å². The molecule has 114 valence electrons. The van der Waals surface area contributed by atoms with E-state index < -0.39 is 0 Å². The van der Waals surface area contributed by atoms with Gasteiger partial charge in [0.25, 0.3) is 0 Å². The lowest BCUT2D eigenvalue weighted by molar-refractivity contribution is -0.118. The summed E-state index contributed by atoms with van der Waals surface area (Å²) >= 11 is 1.75. The maximum absolute atomic E-state index is 12.6. The van der Waals surface area contributed by atoms with Crippen molar-refractivity contribution in [3.8, 4) is 0 Å². The van der Waals surface area contributed by atoms with Crippen LogP contribution in [-0.4, -0.2) is 17.7 Å². The molecule has 2 aromatic rings. The number of fused-ring (bicyclic) bond motifs is 1. The summed E-state index contributed by atoms with van der Waals surface area (Å²) in [5, 5.41) is 0. The molecular formula is C19H21NOS. The van der Waals surface area contributed by atoms with Crippen LogP contribution in [0.5, 0.6) is 0 Å². The number of hydrogen-bond donors (Lipinski definition) is 0. The molecule has 0 spiro atoms. The molecule has 3 rings (SSSR count). The van der Waals surface area contributed by atoms with Crippen LogP contribution in [0.15, 0.2) is 53.4 Å². The molecule has 0 radical (unpaired) electrons. The molecule has 0 bridgehead atoms. The molecular weight excluding hydrogens is 290 g/mol. The summed E-state index contributed by atoms with van der Waals surface area (Å²) in [7, 11) is 0. The van der Waals surface area contributed by atoms with Crippen LogP contribution in [0.3, 0.4) is 0 Å². The minimum atomic E-state index is 0.233. The van der Waals surface area contributed by atoms with E-state index in [4.69, 9.17) is 0 Å². The summed E-state index contributed by atoms with van der Waals surface area (Å²) in [5.74, 6) is 1.06. The predicted molar refractivity (Wildman–Crippen MR) is 93.6 cm³/mol. The maximum atomic E-state index is 12.6. The first kappa shape index (κ1) is 15.2. The fourth-order valence-corrected chi connectivity index (χ4v) is 3.80. The summed E-state index contributed by atoms with van der Waals surface area (Å²) in [6.07, 6.45) is 1.55. The van der Waals surface area contributed by atoms with Crippen molar-refractivity contribution in [1.29, 1.82) is 0 Å². The molecule has 22 heavy (non-hydrogen) atoms. The monoisotopic (exact) mass is 311 g/mol. The number of nitrogens with zero attached hydrogens (tertiary/aromatic N) is 1. The Kier molecular flexibility index (Phi) is 4.53. The molecule has 1 aliphatic heterocycles. The summed E-state index contributed by atoms with van der Waals surface area (Å²) in [4.78, 5) is 15.8. The van der Waals surface area contributed by atoms with Crippen molar-refractivity contribution in [2.24, 2.45) is 0 Å². The van der Waals surface area contributed by atoms with Gasteiger partial charge in [-0.15, -0.1) is 11.8 Å². The van der Waals surface area contributed by atoms with Gasteiger partial charge in [-0.05, 0) is 44.0 Å². The van der Waals surface area contributed by atoms with E-state index in [0.717, 1.165) is 17.9 Å². The van der Waals surface area contributed by atoms with Crippen LogP contribution in [0, 0.1) is 6.92 Å². The number of carbonyl (C=O) groups excluding carboxylic acids is 1. The fraction of sp³-hybridized carbons (Fsp3) is 0.316. The minimum absolute atomic E-state index is 0.233. The summed E-state index contributed by atoms with van der Waals surface area (Å²) in [5.41, 5.74) is 3.65. The number of hydrogen-bond acceptors (Lipinski definition) is 2. The third-order valence-corrected chi connectivity index (χ3v) is 5.10. The second-order valence-corrected chi connectivity index (χ2v) is 7.03. The van der Waals surface area contributed by atoms with Crippen molar-refractivity contribution in [1.82, 2.24) is 0 Å². The van der Waals surface area contributed by atoms with Gasteiger partial charge in [0.15, 0.2) is 0 Å². The minimum Gasteiger partial charge on any atom is -0.309 e. The first-order chi connectivity index (χ1) is 10.6. The lowest BCUT2D eigenvalue weighted by Gasteiger charge is -2.22. The van der Waals surface area contributed by atoms with E-state index in [0.29, 0.717) is 6.42 Å². The quantitative estimate of drug-likeness (QED) is 0.777. The topological polar surface area (TPSA) is 20.3 Å². The molecule has 1 aliphatic rings. The Hall–Kier alpha value is -1.74. The zero-order valence-corrected chi connectivity index (χ0v) is 13.9. The average molecular weight is 311 g/mol. The van der Waals surface area contributed by atoms with Gasteiger partial charge in [0, 0.05) is 28.8 Å². The first-order valence-electron chi connectivity index (χ1n) is 7.74. The van der Waals surface area contributed by atoms with Crippen LogP contribution in [0.4, 0.5) is 5.69 Å². The number of aryl methyl sites for hydroxylation is 1. The molecule has 0 aromatic heterocycles. The Balaban J connectivity index is 1.59. The van der Waals surface area contributed by atoms with Gasteiger partial charge in [-0.3, -0.25) is 4.79 Å². The average Bonchev–Trinajstić information content (AvgIpc) is 2.85. The number of thioether (sulfide) groups is 1. The third kappa shape index (κ3) is 3.20. The summed E-state index contributed by atoms with van der Waals surface area (Å²) in [6, 6.07) is 17.0. The summed E-state index contributed by atoms with van der Waals surface area (Å²) in [6.45, 7) is 4.22. The lowest BCUT2D eigenvalue weighted by Crippen LogP contribution is -2.35. The Morgan fingerprint density at radius 1 is 1.18 bits per heavy atom. The Bertz CT molecular complexity index is 665. The van der Waals surface area contributed by atoms with Gasteiger partial charge in [0.1, 0.15) is 0 Å². The van der Waals surface area contributed by atoms with E-state index in [-0.39, 0.29) is 11.9 Å². The molecule has 2 nitrogen and oxygen atoms in total. The van der Waals surface area contributed by atoms with Crippen LogP contribution in [-0.2, 0) is 11.2 Å². The van der Waals surface area contributed by atoms with Crippen LogP contribution in [0.2, 0.25) is 0 Å². The molecule has 0 saturated heterocycles. The highest BCUT2D eigenvalue weighted by Gasteiger charge is 2.29. The van der Waals surface area contributed by atoms with Gasteiger partial charge in [-0.2, -0.15) is 0 Å². The number of carbonyl (C=O) groups is 1. The van der Waals surface area contributed by atoms with Crippen molar-refractivity contribution < 1.29 is 4.79 Å². The molecule has 0 saturated carbocycles. The van der Waals surface area contributed by atoms with Crippen LogP contribution in [0.1, 0.15) is 24.5 Å². The molecule has 1 amide bonds. The van der Waals surface area contributed by atoms with Crippen LogP contribution in [0.25, 0.3) is 0 Å². The Labute approximate surface area is 136 Å². The highest BCUT2D eigenvalue weighted by atomic mass is 32.2. The third-order valence-electron chi connectivity index (χ3n) is 4.08. The fourth-order valence-electron chi connectivity index (χ4n) is 2.96.